The average Bonchev–Trinajstić information content (AvgIpc) is 2.99. The molecule has 0 heterocycles. The van der Waals surface area contributed by atoms with Crippen LogP contribution in [0.15, 0.2) is 12.1 Å². The quantitative estimate of drug-likeness (QED) is 0.800. The first-order chi connectivity index (χ1) is 10.5. The highest BCUT2D eigenvalue weighted by Crippen LogP contribution is 2.40. The minimum atomic E-state index is -0.872. The van der Waals surface area contributed by atoms with Crippen molar-refractivity contribution < 1.29 is 19.4 Å². The second-order valence-electron chi connectivity index (χ2n) is 5.59. The van der Waals surface area contributed by atoms with Crippen molar-refractivity contribution in [1.82, 2.24) is 0 Å². The Labute approximate surface area is 135 Å². The van der Waals surface area contributed by atoms with Crippen LogP contribution in [-0.4, -0.2) is 24.3 Å². The van der Waals surface area contributed by atoms with Crippen LogP contribution in [0.1, 0.15) is 50.1 Å². The topological polar surface area (TPSA) is 81.8 Å². The summed E-state index contributed by atoms with van der Waals surface area (Å²) in [7, 11) is 1.56. The van der Waals surface area contributed by atoms with Gasteiger partial charge in [0.25, 0.3) is 0 Å². The summed E-state index contributed by atoms with van der Waals surface area (Å²) in [6.07, 6.45) is 4.80. The van der Waals surface area contributed by atoms with Gasteiger partial charge in [-0.05, 0) is 38.2 Å². The maximum Gasteiger partial charge on any atom is 0.303 e. The smallest absolute Gasteiger partial charge is 0.303 e. The number of benzene rings is 1. The molecule has 22 heavy (non-hydrogen) atoms. The Bertz CT molecular complexity index is 529. The number of nitrogens with two attached hydrogens (primary N) is 1. The lowest BCUT2D eigenvalue weighted by Crippen LogP contribution is -2.18. The molecule has 1 aromatic rings. The molecule has 1 saturated carbocycles. The summed E-state index contributed by atoms with van der Waals surface area (Å²) in [6, 6.07) is 2.97. The van der Waals surface area contributed by atoms with E-state index in [1.165, 1.54) is 0 Å². The molecule has 122 valence electrons. The van der Waals surface area contributed by atoms with Crippen molar-refractivity contribution in [3.63, 3.8) is 0 Å². The van der Waals surface area contributed by atoms with Crippen molar-refractivity contribution in [1.29, 1.82) is 0 Å². The van der Waals surface area contributed by atoms with Gasteiger partial charge in [0, 0.05) is 29.1 Å². The molecule has 0 radical (unpaired) electrons. The standard InChI is InChI=1S/C16H22ClNO4/c1-21-14-9-10(17)8-12(13(18)6-7-15(19)20)16(14)22-11-4-2-3-5-11/h8-9,11,13H,2-7,18H2,1H3,(H,19,20). The van der Waals surface area contributed by atoms with Crippen LogP contribution in [0.3, 0.4) is 0 Å². The molecule has 5 nitrogen and oxygen atoms in total. The molecule has 2 rings (SSSR count). The lowest BCUT2D eigenvalue weighted by Gasteiger charge is -2.22. The number of hydrogen-bond donors (Lipinski definition) is 2. The number of ether oxygens (including phenoxy) is 2. The van der Waals surface area contributed by atoms with Gasteiger partial charge in [-0.2, -0.15) is 0 Å². The van der Waals surface area contributed by atoms with E-state index in [-0.39, 0.29) is 12.5 Å². The molecular weight excluding hydrogens is 306 g/mol. The van der Waals surface area contributed by atoms with Crippen molar-refractivity contribution in [3.8, 4) is 11.5 Å². The van der Waals surface area contributed by atoms with Gasteiger partial charge in [0.1, 0.15) is 0 Å². The largest absolute Gasteiger partial charge is 0.493 e. The van der Waals surface area contributed by atoms with Gasteiger partial charge in [-0.3, -0.25) is 4.79 Å². The second-order valence-corrected chi connectivity index (χ2v) is 6.03. The highest BCUT2D eigenvalue weighted by molar-refractivity contribution is 6.30. The Kier molecular flexibility index (Phi) is 5.91. The Hall–Kier alpha value is -1.46. The van der Waals surface area contributed by atoms with Crippen molar-refractivity contribution in [3.05, 3.63) is 22.7 Å². The zero-order valence-electron chi connectivity index (χ0n) is 12.7. The van der Waals surface area contributed by atoms with E-state index in [4.69, 9.17) is 31.9 Å². The number of rotatable bonds is 7. The van der Waals surface area contributed by atoms with E-state index in [1.54, 1.807) is 19.2 Å². The molecule has 0 amide bonds. The fraction of sp³-hybridized carbons (Fsp3) is 0.562. The Morgan fingerprint density at radius 3 is 2.73 bits per heavy atom. The molecule has 1 aromatic carbocycles. The normalized spacial score (nSPS) is 16.5. The molecule has 0 saturated heterocycles. The van der Waals surface area contributed by atoms with Gasteiger partial charge in [-0.15, -0.1) is 0 Å². The van der Waals surface area contributed by atoms with Crippen LogP contribution in [0.2, 0.25) is 5.02 Å². The molecule has 6 heteroatoms. The fourth-order valence-electron chi connectivity index (χ4n) is 2.75. The van der Waals surface area contributed by atoms with Crippen LogP contribution in [0.5, 0.6) is 11.5 Å². The van der Waals surface area contributed by atoms with E-state index in [2.05, 4.69) is 0 Å². The van der Waals surface area contributed by atoms with Gasteiger partial charge < -0.3 is 20.3 Å². The van der Waals surface area contributed by atoms with E-state index in [9.17, 15) is 4.79 Å². The molecule has 3 N–H and O–H groups in total. The monoisotopic (exact) mass is 327 g/mol. The lowest BCUT2D eigenvalue weighted by molar-refractivity contribution is -0.137. The lowest BCUT2D eigenvalue weighted by atomic mass is 10.0. The maximum absolute atomic E-state index is 10.8. The van der Waals surface area contributed by atoms with E-state index < -0.39 is 12.0 Å². The fourth-order valence-corrected chi connectivity index (χ4v) is 2.97. The Morgan fingerprint density at radius 1 is 1.45 bits per heavy atom. The third kappa shape index (κ3) is 4.27. The number of halogens is 1. The molecule has 0 aliphatic heterocycles. The number of methoxy groups -OCH3 is 1. The molecule has 1 unspecified atom stereocenters. The first kappa shape index (κ1) is 16.9. The molecule has 1 atom stereocenters. The van der Waals surface area contributed by atoms with Gasteiger partial charge in [-0.25, -0.2) is 0 Å². The van der Waals surface area contributed by atoms with Gasteiger partial charge in [0.05, 0.1) is 13.2 Å². The summed E-state index contributed by atoms with van der Waals surface area (Å²) in [5.41, 5.74) is 6.86. The van der Waals surface area contributed by atoms with Gasteiger partial charge in [-0.1, -0.05) is 11.6 Å². The Morgan fingerprint density at radius 2 is 2.14 bits per heavy atom. The van der Waals surface area contributed by atoms with Crippen LogP contribution in [0.25, 0.3) is 0 Å². The summed E-state index contributed by atoms with van der Waals surface area (Å²) in [6.45, 7) is 0. The predicted molar refractivity (Wildman–Crippen MR) is 84.7 cm³/mol. The maximum atomic E-state index is 10.8. The zero-order chi connectivity index (χ0) is 16.1. The molecule has 0 spiro atoms. The Balaban J connectivity index is 2.27. The van der Waals surface area contributed by atoms with Crippen LogP contribution in [0, 0.1) is 0 Å². The molecule has 1 aliphatic rings. The number of carboxylic acid groups (broad SMARTS) is 1. The van der Waals surface area contributed by atoms with Crippen LogP contribution in [0.4, 0.5) is 0 Å². The summed E-state index contributed by atoms with van der Waals surface area (Å²) >= 11 is 6.12. The van der Waals surface area contributed by atoms with Crippen molar-refractivity contribution >= 4 is 17.6 Å². The van der Waals surface area contributed by atoms with Crippen molar-refractivity contribution in [2.45, 2.75) is 50.7 Å². The van der Waals surface area contributed by atoms with Gasteiger partial charge in [0.15, 0.2) is 11.5 Å². The van der Waals surface area contributed by atoms with Gasteiger partial charge in [0.2, 0.25) is 0 Å². The highest BCUT2D eigenvalue weighted by Gasteiger charge is 2.24. The van der Waals surface area contributed by atoms with E-state index in [0.717, 1.165) is 25.7 Å². The van der Waals surface area contributed by atoms with Crippen LogP contribution < -0.4 is 15.2 Å². The predicted octanol–water partition coefficient (Wildman–Crippen LogP) is 3.53. The van der Waals surface area contributed by atoms with E-state index in [1.807, 2.05) is 0 Å². The molecule has 0 aromatic heterocycles. The van der Waals surface area contributed by atoms with Crippen molar-refractivity contribution in [2.24, 2.45) is 5.73 Å². The first-order valence-electron chi connectivity index (χ1n) is 7.52. The minimum Gasteiger partial charge on any atom is -0.493 e. The molecular formula is C16H22ClNO4. The van der Waals surface area contributed by atoms with E-state index in [0.29, 0.717) is 28.5 Å². The SMILES string of the molecule is COc1cc(Cl)cc(C(N)CCC(=O)O)c1OC1CCCC1. The number of hydrogen-bond acceptors (Lipinski definition) is 4. The summed E-state index contributed by atoms with van der Waals surface area (Å²) in [5.74, 6) is 0.263. The second kappa shape index (κ2) is 7.70. The third-order valence-corrected chi connectivity index (χ3v) is 4.14. The number of aliphatic carboxylic acids is 1. The van der Waals surface area contributed by atoms with Crippen LogP contribution >= 0.6 is 11.6 Å². The average molecular weight is 328 g/mol. The van der Waals surface area contributed by atoms with Gasteiger partial charge >= 0.3 is 5.97 Å². The molecule has 1 aliphatic carbocycles. The van der Waals surface area contributed by atoms with Crippen molar-refractivity contribution in [2.75, 3.05) is 7.11 Å². The summed E-state index contributed by atoms with van der Waals surface area (Å²) < 4.78 is 11.5. The minimum absolute atomic E-state index is 0.00113. The molecule has 0 bridgehead atoms. The number of carboxylic acids is 1. The van der Waals surface area contributed by atoms with Crippen LogP contribution in [-0.2, 0) is 4.79 Å². The highest BCUT2D eigenvalue weighted by atomic mass is 35.5. The van der Waals surface area contributed by atoms with E-state index >= 15 is 0 Å². The first-order valence-corrected chi connectivity index (χ1v) is 7.90. The zero-order valence-corrected chi connectivity index (χ0v) is 13.4. The summed E-state index contributed by atoms with van der Waals surface area (Å²) in [4.78, 5) is 10.8. The molecule has 1 fully saturated rings. The third-order valence-electron chi connectivity index (χ3n) is 3.92. The summed E-state index contributed by atoms with van der Waals surface area (Å²) in [5, 5.41) is 9.32. The number of carbonyl (C=O) groups is 1.